The van der Waals surface area contributed by atoms with Gasteiger partial charge >= 0.3 is 0 Å². The lowest BCUT2D eigenvalue weighted by molar-refractivity contribution is 0.0752. The third-order valence-electron chi connectivity index (χ3n) is 2.65. The van der Waals surface area contributed by atoms with E-state index in [0.29, 0.717) is 29.4 Å². The number of hydrogen-bond acceptors (Lipinski definition) is 5. The molecule has 0 fully saturated rings. The Labute approximate surface area is 126 Å². The summed E-state index contributed by atoms with van der Waals surface area (Å²) in [6.45, 7) is 0.966. The van der Waals surface area contributed by atoms with Crippen LogP contribution in [-0.2, 0) is 6.54 Å². The maximum Gasteiger partial charge on any atom is 0.265 e. The van der Waals surface area contributed by atoms with Gasteiger partial charge in [0, 0.05) is 31.9 Å². The number of carbonyl (C=O) groups is 1. The summed E-state index contributed by atoms with van der Waals surface area (Å²) in [4.78, 5) is 23.1. The van der Waals surface area contributed by atoms with Crippen LogP contribution < -0.4 is 5.73 Å². The summed E-state index contributed by atoms with van der Waals surface area (Å²) in [7, 11) is 0. The average Bonchev–Trinajstić information content (AvgIpc) is 2.97. The maximum atomic E-state index is 12.4. The molecule has 0 radical (unpaired) electrons. The van der Waals surface area contributed by atoms with E-state index < -0.39 is 0 Å². The van der Waals surface area contributed by atoms with Gasteiger partial charge in [0.1, 0.15) is 4.88 Å². The number of pyridine rings is 1. The third kappa shape index (κ3) is 4.07. The summed E-state index contributed by atoms with van der Waals surface area (Å²) in [6, 6.07) is 3.78. The number of aromatic nitrogens is 2. The van der Waals surface area contributed by atoms with Gasteiger partial charge in [0.2, 0.25) is 0 Å². The Bertz CT molecular complexity index is 571. The molecule has 2 aromatic heterocycles. The maximum absolute atomic E-state index is 12.4. The summed E-state index contributed by atoms with van der Waals surface area (Å²) in [5.41, 5.74) is 8.13. The van der Waals surface area contributed by atoms with Crippen LogP contribution in [0.3, 0.4) is 0 Å². The summed E-state index contributed by atoms with van der Waals surface area (Å²) >= 11 is 6.20. The second-order valence-corrected chi connectivity index (χ2v) is 5.58. The highest BCUT2D eigenvalue weighted by Gasteiger charge is 2.17. The van der Waals surface area contributed by atoms with Crippen LogP contribution in [0.5, 0.6) is 0 Å². The lowest BCUT2D eigenvalue weighted by Crippen LogP contribution is -2.33. The van der Waals surface area contributed by atoms with Gasteiger partial charge < -0.3 is 10.6 Å². The zero-order valence-corrected chi connectivity index (χ0v) is 12.4. The molecule has 0 unspecified atom stereocenters. The van der Waals surface area contributed by atoms with E-state index in [-0.39, 0.29) is 5.91 Å². The van der Waals surface area contributed by atoms with Gasteiger partial charge in [-0.25, -0.2) is 0 Å². The van der Waals surface area contributed by atoms with Crippen molar-refractivity contribution in [2.75, 3.05) is 6.54 Å². The number of amides is 1. The second kappa shape index (κ2) is 7.06. The monoisotopic (exact) mass is 306 g/mol. The van der Waals surface area contributed by atoms with Crippen LogP contribution in [-0.4, -0.2) is 32.3 Å². The minimum Gasteiger partial charge on any atom is -0.393 e. The number of carbonyl (C=O) groups excluding carboxylic acids is 1. The van der Waals surface area contributed by atoms with Crippen LogP contribution in [0.2, 0.25) is 0 Å². The van der Waals surface area contributed by atoms with Crippen LogP contribution >= 0.6 is 23.6 Å². The summed E-state index contributed by atoms with van der Waals surface area (Å²) in [5, 5.41) is 0. The number of thiazole rings is 1. The highest BCUT2D eigenvalue weighted by Crippen LogP contribution is 2.13. The van der Waals surface area contributed by atoms with Gasteiger partial charge in [-0.3, -0.25) is 14.8 Å². The summed E-state index contributed by atoms with van der Waals surface area (Å²) in [5.74, 6) is -0.0624. The number of rotatable bonds is 6. The summed E-state index contributed by atoms with van der Waals surface area (Å²) in [6.07, 6.45) is 5.52. The molecule has 0 bridgehead atoms. The van der Waals surface area contributed by atoms with Gasteiger partial charge in [0.15, 0.2) is 0 Å². The van der Waals surface area contributed by atoms with E-state index in [9.17, 15) is 4.79 Å². The van der Waals surface area contributed by atoms with Crippen molar-refractivity contribution < 1.29 is 4.79 Å². The predicted octanol–water partition coefficient (Wildman–Crippen LogP) is 1.86. The number of nitrogens with zero attached hydrogens (tertiary/aromatic N) is 3. The Morgan fingerprint density at radius 1 is 1.40 bits per heavy atom. The molecule has 2 heterocycles. The number of hydrogen-bond donors (Lipinski definition) is 1. The van der Waals surface area contributed by atoms with Crippen molar-refractivity contribution in [1.82, 2.24) is 14.9 Å². The SMILES string of the molecule is NC(=S)CCN(Cc1cccnc1)C(=O)c1cncs1. The number of thiocarbonyl (C=S) groups is 1. The lowest BCUT2D eigenvalue weighted by Gasteiger charge is -2.21. The Morgan fingerprint density at radius 2 is 2.25 bits per heavy atom. The van der Waals surface area contributed by atoms with Gasteiger partial charge in [0.25, 0.3) is 5.91 Å². The largest absolute Gasteiger partial charge is 0.393 e. The zero-order valence-electron chi connectivity index (χ0n) is 10.7. The van der Waals surface area contributed by atoms with E-state index >= 15 is 0 Å². The van der Waals surface area contributed by atoms with Gasteiger partial charge in [-0.1, -0.05) is 18.3 Å². The van der Waals surface area contributed by atoms with Crippen LogP contribution in [0.4, 0.5) is 0 Å². The molecule has 0 saturated heterocycles. The first kappa shape index (κ1) is 14.5. The Morgan fingerprint density at radius 3 is 2.85 bits per heavy atom. The molecule has 7 heteroatoms. The minimum atomic E-state index is -0.0624. The van der Waals surface area contributed by atoms with Gasteiger partial charge in [-0.15, -0.1) is 11.3 Å². The fourth-order valence-electron chi connectivity index (χ4n) is 1.69. The molecule has 0 atom stereocenters. The highest BCUT2D eigenvalue weighted by atomic mass is 32.1. The molecule has 2 N–H and O–H groups in total. The first-order chi connectivity index (χ1) is 9.66. The molecule has 2 rings (SSSR count). The molecular weight excluding hydrogens is 292 g/mol. The molecule has 0 aliphatic rings. The van der Waals surface area contributed by atoms with Crippen LogP contribution in [0, 0.1) is 0 Å². The quantitative estimate of drug-likeness (QED) is 0.825. The van der Waals surface area contributed by atoms with Crippen LogP contribution in [0.1, 0.15) is 21.7 Å². The standard InChI is InChI=1S/C13H14N4OS2/c14-12(19)3-5-17(8-10-2-1-4-15-6-10)13(18)11-7-16-9-20-11/h1-2,4,6-7,9H,3,5,8H2,(H2,14,19). The van der Waals surface area contributed by atoms with Crippen molar-refractivity contribution >= 4 is 34.5 Å². The van der Waals surface area contributed by atoms with Gasteiger partial charge in [-0.2, -0.15) is 0 Å². The molecule has 5 nitrogen and oxygen atoms in total. The van der Waals surface area contributed by atoms with Crippen LogP contribution in [0.25, 0.3) is 0 Å². The smallest absolute Gasteiger partial charge is 0.265 e. The Balaban J connectivity index is 2.12. The van der Waals surface area contributed by atoms with E-state index in [1.165, 1.54) is 11.3 Å². The third-order valence-corrected chi connectivity index (χ3v) is 3.62. The Kier molecular flexibility index (Phi) is 5.14. The molecular formula is C13H14N4OS2. The van der Waals surface area contributed by atoms with E-state index in [1.807, 2.05) is 12.1 Å². The predicted molar refractivity (Wildman–Crippen MR) is 82.5 cm³/mol. The molecule has 2 aromatic rings. The molecule has 0 spiro atoms. The first-order valence-electron chi connectivity index (χ1n) is 6.02. The van der Waals surface area contributed by atoms with Crippen molar-refractivity contribution in [1.29, 1.82) is 0 Å². The summed E-state index contributed by atoms with van der Waals surface area (Å²) < 4.78 is 0. The van der Waals surface area contributed by atoms with Gasteiger partial charge in [-0.05, 0) is 11.6 Å². The minimum absolute atomic E-state index is 0.0624. The molecule has 0 aliphatic carbocycles. The fourth-order valence-corrected chi connectivity index (χ4v) is 2.37. The Hall–Kier alpha value is -1.86. The fraction of sp³-hybridized carbons (Fsp3) is 0.231. The van der Waals surface area contributed by atoms with E-state index in [4.69, 9.17) is 18.0 Å². The van der Waals surface area contributed by atoms with Crippen molar-refractivity contribution in [2.45, 2.75) is 13.0 Å². The molecule has 104 valence electrons. The number of nitrogens with two attached hydrogens (primary N) is 1. The highest BCUT2D eigenvalue weighted by molar-refractivity contribution is 7.80. The van der Waals surface area contributed by atoms with Crippen molar-refractivity contribution in [2.24, 2.45) is 5.73 Å². The van der Waals surface area contributed by atoms with E-state index in [1.54, 1.807) is 29.0 Å². The zero-order chi connectivity index (χ0) is 14.4. The average molecular weight is 306 g/mol. The van der Waals surface area contributed by atoms with Crippen molar-refractivity contribution in [3.8, 4) is 0 Å². The second-order valence-electron chi connectivity index (χ2n) is 4.17. The van der Waals surface area contributed by atoms with E-state index in [0.717, 1.165) is 5.56 Å². The van der Waals surface area contributed by atoms with Gasteiger partial charge in [0.05, 0.1) is 16.7 Å². The lowest BCUT2D eigenvalue weighted by atomic mass is 10.2. The van der Waals surface area contributed by atoms with Crippen molar-refractivity contribution in [3.63, 3.8) is 0 Å². The molecule has 0 aromatic carbocycles. The first-order valence-corrected chi connectivity index (χ1v) is 7.30. The molecule has 0 aliphatic heterocycles. The van der Waals surface area contributed by atoms with Crippen molar-refractivity contribution in [3.05, 3.63) is 46.7 Å². The van der Waals surface area contributed by atoms with E-state index in [2.05, 4.69) is 9.97 Å². The molecule has 0 saturated carbocycles. The normalized spacial score (nSPS) is 10.2. The van der Waals surface area contributed by atoms with Crippen LogP contribution in [0.15, 0.2) is 36.2 Å². The molecule has 1 amide bonds. The topological polar surface area (TPSA) is 72.1 Å². The molecule has 20 heavy (non-hydrogen) atoms.